The Kier molecular flexibility index (Phi) is 33300. The molecular formula is C16H42Pt-8. The summed E-state index contributed by atoms with van der Waals surface area (Å²) in [5.41, 5.74) is 0. The zero-order valence-electron chi connectivity index (χ0n) is 14.0. The summed E-state index contributed by atoms with van der Waals surface area (Å²) in [7, 11) is 0. The molecule has 0 saturated heterocycles. The fraction of sp³-hybridized carbons (Fsp3) is 0.500. The maximum absolute atomic E-state index is 3.25. The van der Waals surface area contributed by atoms with E-state index in [-0.39, 0.29) is 21.1 Å². The third kappa shape index (κ3) is 7600. The van der Waals surface area contributed by atoms with Crippen LogP contribution < -0.4 is 0 Å². The van der Waals surface area contributed by atoms with Crippen LogP contribution in [0, 0.1) is 55.4 Å². The average Bonchev–Trinajstić information content (AvgIpc) is 2.54. The average molecular weight is 430 g/mol. The van der Waals surface area contributed by atoms with E-state index in [1.165, 1.54) is 0 Å². The summed E-state index contributed by atoms with van der Waals surface area (Å²) < 4.78 is 0. The van der Waals surface area contributed by atoms with Crippen molar-refractivity contribution in [1.29, 1.82) is 0 Å². The van der Waals surface area contributed by atoms with E-state index >= 15 is 0 Å². The molecule has 0 bridgehead atoms. The van der Waals surface area contributed by atoms with Crippen molar-refractivity contribution in [2.24, 2.45) is 0 Å². The molecule has 0 heterocycles. The minimum absolute atomic E-state index is 0. The third-order valence-corrected chi connectivity index (χ3v) is 0. The van der Waals surface area contributed by atoms with Crippen LogP contribution in [0.25, 0.3) is 0 Å². The van der Waals surface area contributed by atoms with Gasteiger partial charge in [0.25, 0.3) is 0 Å². The molecule has 0 radical (unpaired) electrons. The molecular weight excluding hydrogens is 387 g/mol. The van der Waals surface area contributed by atoms with Crippen molar-refractivity contribution < 1.29 is 21.1 Å². The first kappa shape index (κ1) is 65.3. The number of hydrogen-bond donors (Lipinski definition) is 0. The van der Waals surface area contributed by atoms with E-state index in [0.717, 1.165) is 0 Å². The van der Waals surface area contributed by atoms with Crippen molar-refractivity contribution >= 4 is 0 Å². The van der Waals surface area contributed by atoms with Gasteiger partial charge in [0.05, 0.1) is 0 Å². The van der Waals surface area contributed by atoms with E-state index < -0.39 is 0 Å². The van der Waals surface area contributed by atoms with Gasteiger partial charge in [0.1, 0.15) is 0 Å². The molecule has 0 aliphatic carbocycles. The van der Waals surface area contributed by atoms with Crippen LogP contribution in [0.15, 0.2) is 0 Å². The molecule has 0 aromatic rings. The molecule has 0 nitrogen and oxygen atoms in total. The predicted octanol–water partition coefficient (Wildman–Crippen LogP) is 6.19. The van der Waals surface area contributed by atoms with Crippen LogP contribution in [-0.2, 0) is 21.1 Å². The number of rotatable bonds is 0. The topological polar surface area (TPSA) is 0 Å². The first-order valence-corrected chi connectivity index (χ1v) is 5.66. The van der Waals surface area contributed by atoms with Gasteiger partial charge in [0, 0.05) is 0 Å². The summed E-state index contributed by atoms with van der Waals surface area (Å²) >= 11 is 0. The van der Waals surface area contributed by atoms with Gasteiger partial charge in [-0.15, -0.1) is 0 Å². The molecule has 0 aliphatic rings. The Labute approximate surface area is 132 Å². The standard InChI is InChI=1S/8C2H5.Pt.2H/c8*1-2;;;/h8*1H2,2H3;;;/q8*-1;;;. The molecule has 0 unspecified atom stereocenters. The van der Waals surface area contributed by atoms with E-state index in [2.05, 4.69) is 55.4 Å². The van der Waals surface area contributed by atoms with E-state index in [1.807, 2.05) is 0 Å². The van der Waals surface area contributed by atoms with Crippen LogP contribution in [0.5, 0.6) is 0 Å². The molecule has 0 amide bonds. The minimum atomic E-state index is 0. The van der Waals surface area contributed by atoms with Crippen LogP contribution in [0.2, 0.25) is 0 Å². The summed E-state index contributed by atoms with van der Waals surface area (Å²) in [5.74, 6) is 0. The second kappa shape index (κ2) is 8670. The zero-order valence-corrected chi connectivity index (χ0v) is 16.6. The molecule has 0 aliphatic heterocycles. The SMILES string of the molecule is [CH2-]C.[CH2-]C.[CH2-]C.[CH2-]C.[CH2-]C.[CH2-]C.[CH2-]C.[CH2-]C.[PtH2]. The van der Waals surface area contributed by atoms with E-state index in [0.29, 0.717) is 0 Å². The summed E-state index contributed by atoms with van der Waals surface area (Å²) in [4.78, 5) is 0. The first-order valence-electron chi connectivity index (χ1n) is 5.66. The van der Waals surface area contributed by atoms with Gasteiger partial charge in [-0.05, 0) is 0 Å². The monoisotopic (exact) mass is 429 g/mol. The fourth-order valence-corrected chi connectivity index (χ4v) is 0. The summed E-state index contributed by atoms with van der Waals surface area (Å²) in [5, 5.41) is 0. The Morgan fingerprint density at radius 1 is 0.235 bits per heavy atom. The third-order valence-electron chi connectivity index (χ3n) is 0. The first-order chi connectivity index (χ1) is 8.00. The van der Waals surface area contributed by atoms with Crippen LogP contribution >= 0.6 is 0 Å². The normalized spacial score (nSPS) is 2.82. The summed E-state index contributed by atoms with van der Waals surface area (Å²) in [6.45, 7) is 40.0. The Hall–Kier alpha value is 0.688. The van der Waals surface area contributed by atoms with Crippen molar-refractivity contribution in [1.82, 2.24) is 0 Å². The van der Waals surface area contributed by atoms with Crippen LogP contribution in [0.4, 0.5) is 0 Å². The van der Waals surface area contributed by atoms with Crippen molar-refractivity contribution in [3.05, 3.63) is 55.4 Å². The maximum atomic E-state index is 3.25. The van der Waals surface area contributed by atoms with Gasteiger partial charge in [0.15, 0.2) is 0 Å². The zero-order chi connectivity index (χ0) is 16.0. The van der Waals surface area contributed by atoms with Crippen LogP contribution in [0.1, 0.15) is 55.4 Å². The van der Waals surface area contributed by atoms with Gasteiger partial charge in [0.2, 0.25) is 0 Å². The second-order valence-electron chi connectivity index (χ2n) is 0. The van der Waals surface area contributed by atoms with E-state index in [1.54, 1.807) is 55.4 Å². The van der Waals surface area contributed by atoms with Gasteiger partial charge in [-0.3, -0.25) is 0 Å². The molecule has 0 rings (SSSR count). The molecule has 0 fully saturated rings. The van der Waals surface area contributed by atoms with Gasteiger partial charge in [-0.2, -0.15) is 55.4 Å². The Morgan fingerprint density at radius 2 is 0.235 bits per heavy atom. The summed E-state index contributed by atoms with van der Waals surface area (Å²) in [6, 6.07) is 0. The molecule has 0 atom stereocenters. The molecule has 0 spiro atoms. The molecule has 0 aromatic carbocycles. The molecule has 0 saturated carbocycles. The van der Waals surface area contributed by atoms with Gasteiger partial charge in [-0.1, -0.05) is 0 Å². The molecule has 0 aromatic heterocycles. The van der Waals surface area contributed by atoms with Crippen molar-refractivity contribution in [2.75, 3.05) is 0 Å². The molecule has 0 N–H and O–H groups in total. The Bertz CT molecular complexity index is 5.49. The quantitative estimate of drug-likeness (QED) is 0.403. The van der Waals surface area contributed by atoms with Crippen LogP contribution in [0.3, 0.4) is 0 Å². The van der Waals surface area contributed by atoms with E-state index in [4.69, 9.17) is 0 Å². The van der Waals surface area contributed by atoms with E-state index in [9.17, 15) is 0 Å². The molecule has 17 heavy (non-hydrogen) atoms. The second-order valence-corrected chi connectivity index (χ2v) is 0. The number of hydrogen-bond acceptors (Lipinski definition) is 0. The predicted molar refractivity (Wildman–Crippen MR) is 91.0 cm³/mol. The Balaban J connectivity index is -0.00000000610. The van der Waals surface area contributed by atoms with Gasteiger partial charge < -0.3 is 55.4 Å². The molecule has 124 valence electrons. The van der Waals surface area contributed by atoms with Crippen molar-refractivity contribution in [3.8, 4) is 0 Å². The van der Waals surface area contributed by atoms with Crippen LogP contribution in [-0.4, -0.2) is 0 Å². The fourth-order valence-electron chi connectivity index (χ4n) is 0. The van der Waals surface area contributed by atoms with Gasteiger partial charge >= 0.3 is 21.1 Å². The molecule has 1 heteroatoms. The van der Waals surface area contributed by atoms with Gasteiger partial charge in [-0.25, -0.2) is 0 Å². The van der Waals surface area contributed by atoms with Crippen molar-refractivity contribution in [2.45, 2.75) is 55.4 Å². The summed E-state index contributed by atoms with van der Waals surface area (Å²) in [6.07, 6.45) is 0. The Morgan fingerprint density at radius 3 is 0.235 bits per heavy atom. The van der Waals surface area contributed by atoms with Crippen molar-refractivity contribution in [3.63, 3.8) is 0 Å².